The third-order valence-corrected chi connectivity index (χ3v) is 10.7. The molecule has 3 aliphatic rings. The zero-order valence-electron chi connectivity index (χ0n) is 21.7. The summed E-state index contributed by atoms with van der Waals surface area (Å²) >= 11 is 6.10. The molecule has 12 heteroatoms. The molecular weight excluding hydrogens is 545 g/mol. The highest BCUT2D eigenvalue weighted by atomic mass is 35.5. The molecule has 3 aliphatic heterocycles. The molecule has 4 N–H and O–H groups in total. The third-order valence-electron chi connectivity index (χ3n) is 8.43. The number of aromatic nitrogens is 1. The van der Waals surface area contributed by atoms with Crippen LogP contribution in [0.3, 0.4) is 0 Å². The van der Waals surface area contributed by atoms with Crippen LogP contribution in [0.25, 0.3) is 0 Å². The summed E-state index contributed by atoms with van der Waals surface area (Å²) in [5.41, 5.74) is 7.39. The number of nitrogens with one attached hydrogen (secondary N) is 2. The molecule has 0 saturated carbocycles. The standard InChI is InChI=1S/C27H35ClFN5O4S/c28-19-5-3-18(4-6-19)27(9-11-38-12-10-27)25(30)26(35)33-24-16-31-15-23(29)22(24)8-7-21-14-32-20-2-1-13-39(36,37)34(21)17-20/h3-6,15-16,20-21,25,32H,1-2,7-14,17,30H2,(H,33,35)/t20-,21+,25-/m1/s1. The van der Waals surface area contributed by atoms with E-state index in [0.717, 1.165) is 18.2 Å². The minimum absolute atomic E-state index is 0.130. The number of anilines is 1. The first-order chi connectivity index (χ1) is 18.7. The van der Waals surface area contributed by atoms with Gasteiger partial charge in [-0.25, -0.2) is 12.8 Å². The van der Waals surface area contributed by atoms with E-state index in [-0.39, 0.29) is 35.5 Å². The number of hydrogen-bond donors (Lipinski definition) is 3. The van der Waals surface area contributed by atoms with Crippen molar-refractivity contribution >= 4 is 33.2 Å². The summed E-state index contributed by atoms with van der Waals surface area (Å²) in [6, 6.07) is 6.25. The first kappa shape index (κ1) is 28.4. The summed E-state index contributed by atoms with van der Waals surface area (Å²) in [6.07, 6.45) is 5.72. The normalized spacial score (nSPS) is 26.8. The lowest BCUT2D eigenvalue weighted by atomic mass is 9.68. The van der Waals surface area contributed by atoms with Crippen LogP contribution in [-0.2, 0) is 31.4 Å². The number of nitrogens with two attached hydrogens (primary N) is 1. The minimum atomic E-state index is -3.36. The average Bonchev–Trinajstić information content (AvgIpc) is 3.04. The number of halogens is 2. The van der Waals surface area contributed by atoms with Gasteiger partial charge in [0.2, 0.25) is 15.9 Å². The number of pyridine rings is 1. The highest BCUT2D eigenvalue weighted by Gasteiger charge is 2.44. The van der Waals surface area contributed by atoms with E-state index in [1.165, 1.54) is 6.20 Å². The van der Waals surface area contributed by atoms with Crippen LogP contribution >= 0.6 is 11.6 Å². The Morgan fingerprint density at radius 3 is 2.77 bits per heavy atom. The molecule has 1 amide bonds. The van der Waals surface area contributed by atoms with E-state index in [2.05, 4.69) is 15.6 Å². The molecular formula is C27H35ClFN5O4S. The number of nitrogens with zero attached hydrogens (tertiary/aromatic N) is 2. The molecule has 212 valence electrons. The highest BCUT2D eigenvalue weighted by molar-refractivity contribution is 7.89. The Morgan fingerprint density at radius 1 is 1.28 bits per heavy atom. The Balaban J connectivity index is 1.34. The van der Waals surface area contributed by atoms with E-state index < -0.39 is 33.2 Å². The van der Waals surface area contributed by atoms with Gasteiger partial charge in [0, 0.05) is 54.4 Å². The van der Waals surface area contributed by atoms with Gasteiger partial charge in [0.25, 0.3) is 0 Å². The number of hydrogen-bond acceptors (Lipinski definition) is 7. The van der Waals surface area contributed by atoms with Crippen molar-refractivity contribution in [3.05, 3.63) is 58.6 Å². The summed E-state index contributed by atoms with van der Waals surface area (Å²) in [7, 11) is -3.36. The lowest BCUT2D eigenvalue weighted by Crippen LogP contribution is -2.57. The molecule has 5 rings (SSSR count). The molecule has 2 aromatic rings. The van der Waals surface area contributed by atoms with Crippen molar-refractivity contribution in [3.8, 4) is 0 Å². The average molecular weight is 580 g/mol. The molecule has 3 saturated heterocycles. The van der Waals surface area contributed by atoms with Gasteiger partial charge in [-0.1, -0.05) is 23.7 Å². The number of benzene rings is 1. The van der Waals surface area contributed by atoms with Gasteiger partial charge in [0.1, 0.15) is 5.82 Å². The number of sulfonamides is 1. The molecule has 0 aliphatic carbocycles. The molecule has 2 bridgehead atoms. The first-order valence-corrected chi connectivity index (χ1v) is 15.4. The van der Waals surface area contributed by atoms with Crippen molar-refractivity contribution in [3.63, 3.8) is 0 Å². The Hall–Kier alpha value is -2.15. The van der Waals surface area contributed by atoms with Crippen LogP contribution < -0.4 is 16.4 Å². The second kappa shape index (κ2) is 11.8. The van der Waals surface area contributed by atoms with Crippen LogP contribution in [0.2, 0.25) is 5.02 Å². The number of ether oxygens (including phenoxy) is 1. The molecule has 3 fully saturated rings. The lowest BCUT2D eigenvalue weighted by molar-refractivity contribution is -0.120. The van der Waals surface area contributed by atoms with E-state index >= 15 is 4.39 Å². The number of fused-ring (bicyclic) bond motifs is 2. The van der Waals surface area contributed by atoms with Gasteiger partial charge in [-0.05, 0) is 56.2 Å². The van der Waals surface area contributed by atoms with Crippen molar-refractivity contribution in [1.29, 1.82) is 0 Å². The van der Waals surface area contributed by atoms with Gasteiger partial charge in [-0.15, -0.1) is 0 Å². The lowest BCUT2D eigenvalue weighted by Gasteiger charge is -2.41. The van der Waals surface area contributed by atoms with Crippen LogP contribution in [0.15, 0.2) is 36.7 Å². The molecule has 9 nitrogen and oxygen atoms in total. The summed E-state index contributed by atoms with van der Waals surface area (Å²) in [4.78, 5) is 17.5. The fourth-order valence-electron chi connectivity index (χ4n) is 6.14. The second-order valence-corrected chi connectivity index (χ2v) is 13.2. The van der Waals surface area contributed by atoms with Gasteiger partial charge < -0.3 is 21.1 Å². The van der Waals surface area contributed by atoms with Crippen molar-refractivity contribution in [1.82, 2.24) is 14.6 Å². The Labute approximate surface area is 233 Å². The Morgan fingerprint density at radius 2 is 2.03 bits per heavy atom. The number of carbonyl (C=O) groups excluding carboxylic acids is 1. The fraction of sp³-hybridized carbons (Fsp3) is 0.556. The zero-order chi connectivity index (χ0) is 27.6. The zero-order valence-corrected chi connectivity index (χ0v) is 23.3. The second-order valence-electron chi connectivity index (χ2n) is 10.7. The quantitative estimate of drug-likeness (QED) is 0.460. The first-order valence-electron chi connectivity index (χ1n) is 13.5. The molecule has 4 heterocycles. The number of carbonyl (C=O) groups is 1. The van der Waals surface area contributed by atoms with E-state index in [1.54, 1.807) is 16.4 Å². The Bertz CT molecular complexity index is 1290. The molecule has 1 unspecified atom stereocenters. The van der Waals surface area contributed by atoms with Crippen LogP contribution in [-0.4, -0.2) is 73.8 Å². The van der Waals surface area contributed by atoms with Crippen molar-refractivity contribution in [2.75, 3.05) is 37.4 Å². The number of piperazine rings is 1. The molecule has 1 aromatic carbocycles. The molecule has 39 heavy (non-hydrogen) atoms. The van der Waals surface area contributed by atoms with E-state index in [0.29, 0.717) is 57.0 Å². The summed E-state index contributed by atoms with van der Waals surface area (Å²) in [5.74, 6) is -0.872. The van der Waals surface area contributed by atoms with E-state index in [9.17, 15) is 13.2 Å². The van der Waals surface area contributed by atoms with Crippen LogP contribution in [0.1, 0.15) is 43.2 Å². The maximum atomic E-state index is 15.0. The van der Waals surface area contributed by atoms with E-state index in [4.69, 9.17) is 22.1 Å². The van der Waals surface area contributed by atoms with Crippen molar-refractivity contribution in [2.24, 2.45) is 5.73 Å². The minimum Gasteiger partial charge on any atom is -0.381 e. The van der Waals surface area contributed by atoms with E-state index in [1.807, 2.05) is 12.1 Å². The van der Waals surface area contributed by atoms with Gasteiger partial charge in [-0.3, -0.25) is 9.78 Å². The van der Waals surface area contributed by atoms with Crippen LogP contribution in [0.5, 0.6) is 0 Å². The highest BCUT2D eigenvalue weighted by Crippen LogP contribution is 2.38. The smallest absolute Gasteiger partial charge is 0.242 e. The largest absolute Gasteiger partial charge is 0.381 e. The van der Waals surface area contributed by atoms with Gasteiger partial charge in [-0.2, -0.15) is 4.31 Å². The predicted molar refractivity (Wildman–Crippen MR) is 148 cm³/mol. The maximum Gasteiger partial charge on any atom is 0.242 e. The SMILES string of the molecule is N[C@H](C(=O)Nc1cncc(F)c1CC[C@H]1CN[C@@H]2CCCS(=O)(=O)N1C2)C1(c2ccc(Cl)cc2)CCOCC1. The Kier molecular flexibility index (Phi) is 8.56. The predicted octanol–water partition coefficient (Wildman–Crippen LogP) is 2.59. The van der Waals surface area contributed by atoms with Crippen LogP contribution in [0, 0.1) is 5.82 Å². The summed E-state index contributed by atoms with van der Waals surface area (Å²) in [6.45, 7) is 1.87. The number of rotatable bonds is 7. The molecule has 0 radical (unpaired) electrons. The molecule has 1 aromatic heterocycles. The van der Waals surface area contributed by atoms with Crippen LogP contribution in [0.4, 0.5) is 10.1 Å². The monoisotopic (exact) mass is 579 g/mol. The fourth-order valence-corrected chi connectivity index (χ4v) is 8.07. The third kappa shape index (κ3) is 5.98. The topological polar surface area (TPSA) is 127 Å². The summed E-state index contributed by atoms with van der Waals surface area (Å²) in [5, 5.41) is 6.85. The molecule has 0 spiro atoms. The maximum absolute atomic E-state index is 15.0. The summed E-state index contributed by atoms with van der Waals surface area (Å²) < 4.78 is 47.8. The van der Waals surface area contributed by atoms with Crippen molar-refractivity contribution < 1.29 is 22.3 Å². The number of amides is 1. The van der Waals surface area contributed by atoms with Crippen molar-refractivity contribution in [2.45, 2.75) is 62.1 Å². The molecule has 4 atom stereocenters. The van der Waals surface area contributed by atoms with Gasteiger partial charge in [0.15, 0.2) is 0 Å². The van der Waals surface area contributed by atoms with Gasteiger partial charge in [0.05, 0.1) is 29.9 Å². The van der Waals surface area contributed by atoms with Gasteiger partial charge >= 0.3 is 0 Å².